The molecular formula is C22H43N3O5SSi2. The van der Waals surface area contributed by atoms with E-state index in [4.69, 9.17) is 9.16 Å². The SMILES string of the molecule is CN(C)S(=O)(=O)n1c(C2=C[C@H](O)[C@@H](CO[Si](C)(C)C(C)(C)C)O2)cnc1[Si](C)(C)C(C)(C)C. The first kappa shape index (κ1) is 28.3. The van der Waals surface area contributed by atoms with Crippen molar-refractivity contribution in [1.29, 1.82) is 0 Å². The minimum absolute atomic E-state index is 0.0310. The number of rotatable bonds is 7. The summed E-state index contributed by atoms with van der Waals surface area (Å²) in [6, 6.07) is 0. The van der Waals surface area contributed by atoms with Crippen LogP contribution in [0.5, 0.6) is 0 Å². The second-order valence-electron chi connectivity index (χ2n) is 12.1. The van der Waals surface area contributed by atoms with E-state index in [2.05, 4.69) is 72.7 Å². The van der Waals surface area contributed by atoms with Gasteiger partial charge in [0.05, 0.1) is 12.8 Å². The van der Waals surface area contributed by atoms with Gasteiger partial charge in [0.15, 0.2) is 14.4 Å². The van der Waals surface area contributed by atoms with E-state index in [0.29, 0.717) is 16.9 Å². The highest BCUT2D eigenvalue weighted by Crippen LogP contribution is 2.38. The number of aliphatic hydroxyl groups is 1. The van der Waals surface area contributed by atoms with Crippen molar-refractivity contribution in [1.82, 2.24) is 13.3 Å². The van der Waals surface area contributed by atoms with Gasteiger partial charge in [-0.2, -0.15) is 12.7 Å². The van der Waals surface area contributed by atoms with Crippen molar-refractivity contribution < 1.29 is 22.7 Å². The number of aliphatic hydroxyl groups excluding tert-OH is 1. The molecule has 0 unspecified atom stereocenters. The van der Waals surface area contributed by atoms with Crippen LogP contribution in [0.1, 0.15) is 47.2 Å². The summed E-state index contributed by atoms with van der Waals surface area (Å²) in [6.07, 6.45) is 1.61. The second kappa shape index (κ2) is 8.90. The van der Waals surface area contributed by atoms with Crippen LogP contribution in [0.25, 0.3) is 5.76 Å². The fraction of sp³-hybridized carbons (Fsp3) is 0.773. The Morgan fingerprint density at radius 2 is 1.67 bits per heavy atom. The van der Waals surface area contributed by atoms with Crippen molar-refractivity contribution in [2.24, 2.45) is 0 Å². The van der Waals surface area contributed by atoms with E-state index < -0.39 is 38.8 Å². The van der Waals surface area contributed by atoms with E-state index in [1.165, 1.54) is 22.4 Å². The van der Waals surface area contributed by atoms with Gasteiger partial charge < -0.3 is 14.3 Å². The summed E-state index contributed by atoms with van der Waals surface area (Å²) in [7, 11) is -5.22. The van der Waals surface area contributed by atoms with Crippen molar-refractivity contribution in [2.75, 3.05) is 20.7 Å². The molecule has 1 N–H and O–H groups in total. The monoisotopic (exact) mass is 517 g/mol. The fourth-order valence-corrected chi connectivity index (χ4v) is 7.68. The Morgan fingerprint density at radius 1 is 1.12 bits per heavy atom. The molecule has 1 aromatic rings. The zero-order valence-electron chi connectivity index (χ0n) is 22.3. The summed E-state index contributed by atoms with van der Waals surface area (Å²) in [4.78, 5) is 4.61. The van der Waals surface area contributed by atoms with Gasteiger partial charge in [0.2, 0.25) is 0 Å². The van der Waals surface area contributed by atoms with Gasteiger partial charge in [-0.05, 0) is 29.2 Å². The molecule has 11 heteroatoms. The maximum absolute atomic E-state index is 13.4. The lowest BCUT2D eigenvalue weighted by molar-refractivity contribution is 0.0326. The molecule has 1 aromatic heterocycles. The van der Waals surface area contributed by atoms with Crippen LogP contribution in [-0.2, 0) is 19.4 Å². The van der Waals surface area contributed by atoms with Gasteiger partial charge in [0.25, 0.3) is 0 Å². The summed E-state index contributed by atoms with van der Waals surface area (Å²) in [6.45, 7) is 21.6. The summed E-state index contributed by atoms with van der Waals surface area (Å²) in [5, 5.41) is 10.6. The average Bonchev–Trinajstić information content (AvgIpc) is 3.22. The molecule has 0 fully saturated rings. The van der Waals surface area contributed by atoms with Crippen LogP contribution >= 0.6 is 0 Å². The van der Waals surface area contributed by atoms with E-state index in [9.17, 15) is 13.5 Å². The number of ether oxygens (including phenoxy) is 1. The lowest BCUT2D eigenvalue weighted by atomic mass is 10.2. The van der Waals surface area contributed by atoms with Crippen molar-refractivity contribution in [3.05, 3.63) is 18.0 Å². The summed E-state index contributed by atoms with van der Waals surface area (Å²) < 4.78 is 41.6. The van der Waals surface area contributed by atoms with Gasteiger partial charge in [-0.1, -0.05) is 54.6 Å². The van der Waals surface area contributed by atoms with Gasteiger partial charge in [-0.25, -0.2) is 8.96 Å². The van der Waals surface area contributed by atoms with Crippen LogP contribution in [0.4, 0.5) is 0 Å². The van der Waals surface area contributed by atoms with Crippen LogP contribution in [0, 0.1) is 0 Å². The van der Waals surface area contributed by atoms with E-state index in [-0.39, 0.29) is 16.7 Å². The van der Waals surface area contributed by atoms with Crippen LogP contribution in [-0.4, -0.2) is 76.1 Å². The van der Waals surface area contributed by atoms with Gasteiger partial charge in [0, 0.05) is 14.1 Å². The first-order chi connectivity index (χ1) is 14.6. The van der Waals surface area contributed by atoms with Gasteiger partial charge in [0.1, 0.15) is 31.1 Å². The number of hydrogen-bond donors (Lipinski definition) is 1. The lowest BCUT2D eigenvalue weighted by Crippen LogP contribution is -2.56. The van der Waals surface area contributed by atoms with Crippen molar-refractivity contribution in [3.8, 4) is 0 Å². The van der Waals surface area contributed by atoms with Crippen molar-refractivity contribution in [2.45, 2.75) is 90.0 Å². The molecule has 0 aliphatic carbocycles. The number of aromatic nitrogens is 2. The summed E-state index contributed by atoms with van der Waals surface area (Å²) in [5.41, 5.74) is 0.885. The minimum Gasteiger partial charge on any atom is -0.483 e. The average molecular weight is 518 g/mol. The number of imidazole rings is 1. The van der Waals surface area contributed by atoms with E-state index in [0.717, 1.165) is 0 Å². The largest absolute Gasteiger partial charge is 0.483 e. The third-order valence-corrected chi connectivity index (χ3v) is 19.1. The van der Waals surface area contributed by atoms with Crippen molar-refractivity contribution in [3.63, 3.8) is 0 Å². The molecule has 2 heterocycles. The van der Waals surface area contributed by atoms with Crippen molar-refractivity contribution >= 4 is 37.8 Å². The highest BCUT2D eigenvalue weighted by molar-refractivity contribution is 7.87. The van der Waals surface area contributed by atoms with E-state index >= 15 is 0 Å². The molecule has 8 nitrogen and oxygen atoms in total. The molecule has 1 aliphatic rings. The van der Waals surface area contributed by atoms with Crippen LogP contribution in [0.2, 0.25) is 36.3 Å². The Hall–Kier alpha value is -0.986. The zero-order valence-corrected chi connectivity index (χ0v) is 25.2. The predicted molar refractivity (Wildman–Crippen MR) is 139 cm³/mol. The lowest BCUT2D eigenvalue weighted by Gasteiger charge is -2.37. The maximum Gasteiger partial charge on any atom is 0.308 e. The van der Waals surface area contributed by atoms with Gasteiger partial charge in [-0.15, -0.1) is 0 Å². The smallest absolute Gasteiger partial charge is 0.308 e. The Bertz CT molecular complexity index is 1000. The second-order valence-corrected chi connectivity index (χ2v) is 24.1. The number of nitrogens with zero attached hydrogens (tertiary/aromatic N) is 3. The summed E-state index contributed by atoms with van der Waals surface area (Å²) in [5.74, 6) is 0.314. The highest BCUT2D eigenvalue weighted by Gasteiger charge is 2.45. The molecular weight excluding hydrogens is 474 g/mol. The standard InChI is InChI=1S/C22H43N3O5SSi2/c1-21(2,3)32(9,10)20-23-14-16(25(20)31(27,28)24(7)8)18-13-17(26)19(30-18)15-29-33(11,12)22(4,5)6/h13-14,17,19,26H,15H2,1-12H3/t17-,19+/m0/s1. The topological polar surface area (TPSA) is 93.9 Å². The Labute approximate surface area is 202 Å². The molecule has 0 bridgehead atoms. The zero-order chi connectivity index (χ0) is 25.8. The third kappa shape index (κ3) is 5.33. The van der Waals surface area contributed by atoms with Crippen LogP contribution in [0.15, 0.2) is 12.3 Å². The molecule has 0 saturated heterocycles. The molecule has 2 atom stereocenters. The molecule has 0 amide bonds. The van der Waals surface area contributed by atoms with Crippen LogP contribution < -0.4 is 5.45 Å². The first-order valence-corrected chi connectivity index (χ1v) is 18.7. The molecule has 190 valence electrons. The quantitative estimate of drug-likeness (QED) is 0.557. The fourth-order valence-electron chi connectivity index (χ4n) is 2.97. The molecule has 2 rings (SSSR count). The molecule has 0 aromatic carbocycles. The predicted octanol–water partition coefficient (Wildman–Crippen LogP) is 3.38. The minimum atomic E-state index is -3.87. The van der Waals surface area contributed by atoms with Gasteiger partial charge in [-0.3, -0.25) is 0 Å². The molecule has 0 spiro atoms. The summed E-state index contributed by atoms with van der Waals surface area (Å²) >= 11 is 0. The Balaban J connectivity index is 2.47. The first-order valence-electron chi connectivity index (χ1n) is 11.4. The van der Waals surface area contributed by atoms with E-state index in [1.54, 1.807) is 12.3 Å². The normalized spacial score (nSPS) is 20.8. The van der Waals surface area contributed by atoms with Crippen LogP contribution in [0.3, 0.4) is 0 Å². The highest BCUT2D eigenvalue weighted by atomic mass is 32.2. The number of hydrogen-bond acceptors (Lipinski definition) is 6. The van der Waals surface area contributed by atoms with Gasteiger partial charge >= 0.3 is 10.2 Å². The van der Waals surface area contributed by atoms with E-state index in [1.807, 2.05) is 0 Å². The maximum atomic E-state index is 13.4. The molecule has 33 heavy (non-hydrogen) atoms. The molecule has 1 aliphatic heterocycles. The molecule has 0 saturated carbocycles. The molecule has 0 radical (unpaired) electrons. The third-order valence-electron chi connectivity index (χ3n) is 7.49. The Kier molecular flexibility index (Phi) is 7.62. The Morgan fingerprint density at radius 3 is 2.12 bits per heavy atom.